The van der Waals surface area contributed by atoms with E-state index in [1.807, 2.05) is 0 Å². The van der Waals surface area contributed by atoms with Crippen molar-refractivity contribution in [3.05, 3.63) is 24.0 Å². The molecule has 0 atom stereocenters. The number of carbonyl (C=O) groups excluding carboxylic acids is 2. The van der Waals surface area contributed by atoms with E-state index in [0.29, 0.717) is 12.0 Å². The van der Waals surface area contributed by atoms with Crippen LogP contribution in [0.25, 0.3) is 0 Å². The summed E-state index contributed by atoms with van der Waals surface area (Å²) in [5.74, 6) is -0.167. The van der Waals surface area contributed by atoms with Crippen molar-refractivity contribution >= 4 is 12.1 Å². The minimum Gasteiger partial charge on any atom is -0.359 e. The van der Waals surface area contributed by atoms with Gasteiger partial charge in [0, 0.05) is 6.20 Å². The molecule has 0 radical (unpaired) electrons. The lowest BCUT2D eigenvalue weighted by Gasteiger charge is -1.87. The van der Waals surface area contributed by atoms with Crippen LogP contribution in [0.5, 0.6) is 0 Å². The maximum absolute atomic E-state index is 10.8. The fourth-order valence-corrected chi connectivity index (χ4v) is 0.689. The highest BCUT2D eigenvalue weighted by Gasteiger charge is 2.02. The van der Waals surface area contributed by atoms with Gasteiger partial charge in [0.15, 0.2) is 5.78 Å². The number of hydrogen-bond donors (Lipinski definition) is 1. The maximum Gasteiger partial charge on any atom is 0.186 e. The van der Waals surface area contributed by atoms with Crippen molar-refractivity contribution in [3.8, 4) is 0 Å². The smallest absolute Gasteiger partial charge is 0.186 e. The van der Waals surface area contributed by atoms with E-state index < -0.39 is 0 Å². The van der Waals surface area contributed by atoms with Gasteiger partial charge in [0.1, 0.15) is 6.29 Å². The number of aromatic amines is 1. The molecule has 1 N–H and O–H groups in total. The van der Waals surface area contributed by atoms with Crippen LogP contribution in [-0.2, 0) is 4.79 Å². The van der Waals surface area contributed by atoms with Gasteiger partial charge < -0.3 is 9.78 Å². The molecule has 0 aromatic carbocycles. The van der Waals surface area contributed by atoms with Crippen LogP contribution < -0.4 is 0 Å². The summed E-state index contributed by atoms with van der Waals surface area (Å²) in [4.78, 5) is 23.4. The first-order valence-electron chi connectivity index (χ1n) is 2.95. The van der Waals surface area contributed by atoms with Crippen LogP contribution in [0, 0.1) is 0 Å². The Morgan fingerprint density at radius 1 is 1.70 bits per heavy atom. The topological polar surface area (TPSA) is 49.9 Å². The van der Waals surface area contributed by atoms with E-state index in [0.717, 1.165) is 0 Å². The molecule has 1 heterocycles. The molecule has 3 heteroatoms. The Bertz CT molecular complexity index is 226. The maximum atomic E-state index is 10.8. The summed E-state index contributed by atoms with van der Waals surface area (Å²) >= 11 is 0. The zero-order valence-corrected chi connectivity index (χ0v) is 5.33. The standard InChI is InChI=1S/C7H7NO2/c9-5-3-7(10)6-2-1-4-8-6/h1-2,4-5,8H,3H2. The molecule has 1 rings (SSSR count). The van der Waals surface area contributed by atoms with Gasteiger partial charge in [0.25, 0.3) is 0 Å². The number of H-pyrrole nitrogens is 1. The van der Waals surface area contributed by atoms with Gasteiger partial charge in [0.05, 0.1) is 12.1 Å². The van der Waals surface area contributed by atoms with Crippen LogP contribution in [-0.4, -0.2) is 17.1 Å². The highest BCUT2D eigenvalue weighted by Crippen LogP contribution is 1.97. The van der Waals surface area contributed by atoms with E-state index in [2.05, 4.69) is 4.98 Å². The Morgan fingerprint density at radius 2 is 2.50 bits per heavy atom. The molecule has 3 nitrogen and oxygen atoms in total. The van der Waals surface area contributed by atoms with Crippen LogP contribution in [0.15, 0.2) is 18.3 Å². The Morgan fingerprint density at radius 3 is 3.00 bits per heavy atom. The summed E-state index contributed by atoms with van der Waals surface area (Å²) in [6.07, 6.45) is 2.21. The molecule has 0 amide bonds. The lowest BCUT2D eigenvalue weighted by molar-refractivity contribution is -0.107. The summed E-state index contributed by atoms with van der Waals surface area (Å²) < 4.78 is 0. The zero-order chi connectivity index (χ0) is 7.40. The minimum absolute atomic E-state index is 0.0412. The van der Waals surface area contributed by atoms with Crippen LogP contribution in [0.4, 0.5) is 0 Å². The average Bonchev–Trinajstić information content (AvgIpc) is 2.38. The number of hydrogen-bond acceptors (Lipinski definition) is 2. The third kappa shape index (κ3) is 1.31. The molecular weight excluding hydrogens is 130 g/mol. The van der Waals surface area contributed by atoms with Crippen LogP contribution in [0.2, 0.25) is 0 Å². The first-order valence-corrected chi connectivity index (χ1v) is 2.95. The summed E-state index contributed by atoms with van der Waals surface area (Å²) in [5.41, 5.74) is 0.493. The Balaban J connectivity index is 2.68. The Hall–Kier alpha value is -1.38. The van der Waals surface area contributed by atoms with Crippen molar-refractivity contribution in [2.75, 3.05) is 0 Å². The van der Waals surface area contributed by atoms with E-state index in [4.69, 9.17) is 0 Å². The van der Waals surface area contributed by atoms with Crippen LogP contribution >= 0.6 is 0 Å². The first-order chi connectivity index (χ1) is 4.84. The molecular formula is C7H7NO2. The Kier molecular flexibility index (Phi) is 1.99. The molecule has 1 aromatic rings. The van der Waals surface area contributed by atoms with Crippen LogP contribution in [0.1, 0.15) is 16.9 Å². The molecule has 0 aliphatic heterocycles. The molecule has 0 saturated carbocycles. The second kappa shape index (κ2) is 2.96. The normalized spacial score (nSPS) is 9.20. The predicted octanol–water partition coefficient (Wildman–Crippen LogP) is 0.786. The zero-order valence-electron chi connectivity index (χ0n) is 5.33. The fourth-order valence-electron chi connectivity index (χ4n) is 0.689. The molecule has 0 fully saturated rings. The SMILES string of the molecule is O=CCC(=O)c1ccc[nH]1. The second-order valence-corrected chi connectivity index (χ2v) is 1.88. The summed E-state index contributed by atoms with van der Waals surface area (Å²) in [6.45, 7) is 0. The summed E-state index contributed by atoms with van der Waals surface area (Å²) in [5, 5.41) is 0. The number of Topliss-reactive ketones (excluding diaryl/α,β-unsaturated/α-hetero) is 1. The summed E-state index contributed by atoms with van der Waals surface area (Å²) in [6, 6.07) is 3.36. The van der Waals surface area contributed by atoms with Gasteiger partial charge in [-0.25, -0.2) is 0 Å². The number of ketones is 1. The van der Waals surface area contributed by atoms with Crippen molar-refractivity contribution in [2.45, 2.75) is 6.42 Å². The van der Waals surface area contributed by atoms with Gasteiger partial charge >= 0.3 is 0 Å². The van der Waals surface area contributed by atoms with Crippen molar-refractivity contribution < 1.29 is 9.59 Å². The molecule has 10 heavy (non-hydrogen) atoms. The monoisotopic (exact) mass is 137 g/mol. The minimum atomic E-state index is -0.167. The van der Waals surface area contributed by atoms with Gasteiger partial charge in [-0.1, -0.05) is 0 Å². The number of aldehydes is 1. The molecule has 0 bridgehead atoms. The lowest BCUT2D eigenvalue weighted by atomic mass is 10.2. The van der Waals surface area contributed by atoms with E-state index in [9.17, 15) is 9.59 Å². The van der Waals surface area contributed by atoms with E-state index in [1.54, 1.807) is 18.3 Å². The van der Waals surface area contributed by atoms with E-state index >= 15 is 0 Å². The predicted molar refractivity (Wildman–Crippen MR) is 35.8 cm³/mol. The lowest BCUT2D eigenvalue weighted by Crippen LogP contribution is -1.98. The van der Waals surface area contributed by atoms with Crippen LogP contribution in [0.3, 0.4) is 0 Å². The van der Waals surface area contributed by atoms with E-state index in [1.165, 1.54) is 0 Å². The van der Waals surface area contributed by atoms with Gasteiger partial charge in [-0.15, -0.1) is 0 Å². The number of rotatable bonds is 3. The third-order valence-electron chi connectivity index (χ3n) is 1.17. The molecule has 0 saturated heterocycles. The first kappa shape index (κ1) is 6.74. The quantitative estimate of drug-likeness (QED) is 0.380. The van der Waals surface area contributed by atoms with Gasteiger partial charge in [-0.3, -0.25) is 4.79 Å². The van der Waals surface area contributed by atoms with Crippen molar-refractivity contribution in [3.63, 3.8) is 0 Å². The van der Waals surface area contributed by atoms with Gasteiger partial charge in [-0.2, -0.15) is 0 Å². The van der Waals surface area contributed by atoms with Crippen molar-refractivity contribution in [1.82, 2.24) is 4.98 Å². The van der Waals surface area contributed by atoms with Crippen molar-refractivity contribution in [1.29, 1.82) is 0 Å². The molecule has 0 unspecified atom stereocenters. The average molecular weight is 137 g/mol. The molecule has 0 aliphatic carbocycles. The fraction of sp³-hybridized carbons (Fsp3) is 0.143. The summed E-state index contributed by atoms with van der Waals surface area (Å²) in [7, 11) is 0. The molecule has 1 aromatic heterocycles. The van der Waals surface area contributed by atoms with E-state index in [-0.39, 0.29) is 12.2 Å². The van der Waals surface area contributed by atoms with Gasteiger partial charge in [0.2, 0.25) is 0 Å². The van der Waals surface area contributed by atoms with Gasteiger partial charge in [-0.05, 0) is 12.1 Å². The largest absolute Gasteiger partial charge is 0.359 e. The number of carbonyl (C=O) groups is 2. The molecule has 52 valence electrons. The molecule has 0 spiro atoms. The van der Waals surface area contributed by atoms with Crippen molar-refractivity contribution in [2.24, 2.45) is 0 Å². The second-order valence-electron chi connectivity index (χ2n) is 1.88. The highest BCUT2D eigenvalue weighted by atomic mass is 16.1. The highest BCUT2D eigenvalue weighted by molar-refractivity contribution is 6.01. The number of aromatic nitrogens is 1. The third-order valence-corrected chi connectivity index (χ3v) is 1.17. The molecule has 0 aliphatic rings. The Labute approximate surface area is 58.1 Å². The number of nitrogens with one attached hydrogen (secondary N) is 1.